The summed E-state index contributed by atoms with van der Waals surface area (Å²) in [6, 6.07) is 6.18. The molecular formula is C42H65N5O2S. The average Bonchev–Trinajstić information content (AvgIpc) is 3.46. The van der Waals surface area contributed by atoms with Crippen LogP contribution in [0.1, 0.15) is 111 Å². The Kier molecular flexibility index (Phi) is 9.37. The van der Waals surface area contributed by atoms with Gasteiger partial charge < -0.3 is 15.1 Å². The third kappa shape index (κ3) is 5.70. The number of allylic oxidation sites excluding steroid dienone is 1. The fourth-order valence-electron chi connectivity index (χ4n) is 14.1. The predicted molar refractivity (Wildman–Crippen MR) is 204 cm³/mol. The van der Waals surface area contributed by atoms with Crippen molar-refractivity contribution in [3.8, 4) is 6.07 Å². The normalized spacial score (nSPS) is 42.0. The Hall–Kier alpha value is -1.95. The van der Waals surface area contributed by atoms with Crippen molar-refractivity contribution in [2.24, 2.45) is 51.2 Å². The van der Waals surface area contributed by atoms with Crippen molar-refractivity contribution in [1.82, 2.24) is 15.2 Å². The summed E-state index contributed by atoms with van der Waals surface area (Å²) in [6.07, 6.45) is 14.8. The van der Waals surface area contributed by atoms with Crippen LogP contribution in [0.15, 0.2) is 30.5 Å². The summed E-state index contributed by atoms with van der Waals surface area (Å²) in [4.78, 5) is 9.41. The second kappa shape index (κ2) is 12.9. The molecule has 0 amide bonds. The predicted octanol–water partition coefficient (Wildman–Crippen LogP) is 7.49. The quantitative estimate of drug-likeness (QED) is 0.222. The first-order chi connectivity index (χ1) is 23.6. The number of nitrogens with zero attached hydrogens (tertiary/aromatic N) is 4. The lowest BCUT2D eigenvalue weighted by molar-refractivity contribution is -0.227. The number of sulfone groups is 1. The minimum Gasteiger partial charge on any atom is -0.365 e. The molecule has 7 nitrogen and oxygen atoms in total. The lowest BCUT2D eigenvalue weighted by Crippen LogP contribution is -2.70. The van der Waals surface area contributed by atoms with Gasteiger partial charge in [0.05, 0.1) is 23.4 Å². The Morgan fingerprint density at radius 1 is 0.960 bits per heavy atom. The molecule has 0 spiro atoms. The molecule has 0 unspecified atom stereocenters. The van der Waals surface area contributed by atoms with E-state index in [-0.39, 0.29) is 5.54 Å². The molecule has 9 atom stereocenters. The Morgan fingerprint density at radius 3 is 2.40 bits per heavy atom. The molecule has 2 saturated heterocycles. The Balaban J connectivity index is 1.08. The van der Waals surface area contributed by atoms with Gasteiger partial charge in [0.25, 0.3) is 0 Å². The first kappa shape index (κ1) is 36.4. The van der Waals surface area contributed by atoms with Crippen LogP contribution < -0.4 is 10.2 Å². The van der Waals surface area contributed by atoms with Gasteiger partial charge in [0.15, 0.2) is 9.84 Å². The number of hydrogen-bond acceptors (Lipinski definition) is 7. The first-order valence-corrected chi connectivity index (χ1v) is 21.9. The van der Waals surface area contributed by atoms with Crippen LogP contribution in [0.4, 0.5) is 5.69 Å². The van der Waals surface area contributed by atoms with Gasteiger partial charge in [-0.15, -0.1) is 0 Å². The van der Waals surface area contributed by atoms with Gasteiger partial charge in [-0.3, -0.25) is 0 Å². The van der Waals surface area contributed by atoms with Gasteiger partial charge >= 0.3 is 0 Å². The second-order valence-electron chi connectivity index (χ2n) is 19.1. The summed E-state index contributed by atoms with van der Waals surface area (Å²) in [7, 11) is -2.82. The van der Waals surface area contributed by atoms with Crippen LogP contribution in [-0.2, 0) is 9.84 Å². The van der Waals surface area contributed by atoms with E-state index in [9.17, 15) is 13.7 Å². The molecule has 1 N–H and O–H groups in total. The van der Waals surface area contributed by atoms with Crippen LogP contribution in [0.2, 0.25) is 0 Å². The molecule has 6 aliphatic rings. The summed E-state index contributed by atoms with van der Waals surface area (Å²) < 4.78 is 23.7. The highest BCUT2D eigenvalue weighted by Gasteiger charge is 2.70. The molecule has 4 saturated carbocycles. The lowest BCUT2D eigenvalue weighted by atomic mass is 9.33. The standard InChI is InChI=1S/C42H65N5O2S/c1-30(2)33-13-16-42(29-44-20-8-21-46-23-25-50(48,49)26-24-46)18-17-40(6)34(37(33)42)11-12-36-39(5)19-22-47(32-10-9-31(27-43)45-28-32)38(3,4)35(39)14-15-41(36,40)7/h9-10,28,33-37,44H,1,8,11-26,29H2,2-7H3/t33-,34+,35-,36+,37+,39-,40+,41+,42+/m0/s1. The third-order valence-electron chi connectivity index (χ3n) is 16.8. The largest absolute Gasteiger partial charge is 0.365 e. The van der Waals surface area contributed by atoms with Gasteiger partial charge in [-0.1, -0.05) is 32.9 Å². The minimum atomic E-state index is -2.82. The van der Waals surface area contributed by atoms with Gasteiger partial charge in [0.1, 0.15) is 11.8 Å². The van der Waals surface area contributed by atoms with E-state index in [2.05, 4.69) is 80.4 Å². The molecule has 8 heteroatoms. The van der Waals surface area contributed by atoms with Crippen molar-refractivity contribution in [2.45, 2.75) is 111 Å². The highest BCUT2D eigenvalue weighted by molar-refractivity contribution is 7.91. The van der Waals surface area contributed by atoms with Gasteiger partial charge in [-0.2, -0.15) is 5.26 Å². The number of nitriles is 1. The number of aromatic nitrogens is 1. The number of fused-ring (bicyclic) bond motifs is 7. The molecule has 3 heterocycles. The molecule has 4 aliphatic carbocycles. The van der Waals surface area contributed by atoms with E-state index in [4.69, 9.17) is 0 Å². The fourth-order valence-corrected chi connectivity index (χ4v) is 15.4. The monoisotopic (exact) mass is 703 g/mol. The maximum absolute atomic E-state index is 11.9. The van der Waals surface area contributed by atoms with Crippen LogP contribution in [-0.4, -0.2) is 74.6 Å². The SMILES string of the molecule is C=C(C)[C@@H]1CC[C@]2(CNCCCN3CCS(=O)(=O)CC3)CC[C@]3(C)[C@H](CC[C@@H]4[C@@]5(C)CCN(c6ccc(C#N)nc6)C(C)(C)[C@@H]5CC[C@]43C)[C@@H]12. The van der Waals surface area contributed by atoms with Gasteiger partial charge in [0.2, 0.25) is 0 Å². The van der Waals surface area contributed by atoms with Crippen LogP contribution in [0, 0.1) is 62.6 Å². The highest BCUT2D eigenvalue weighted by Crippen LogP contribution is 2.76. The maximum atomic E-state index is 11.9. The van der Waals surface area contributed by atoms with E-state index >= 15 is 0 Å². The molecule has 0 aromatic carbocycles. The van der Waals surface area contributed by atoms with E-state index in [0.717, 1.165) is 50.1 Å². The van der Waals surface area contributed by atoms with Crippen LogP contribution in [0.3, 0.4) is 0 Å². The van der Waals surface area contributed by atoms with E-state index in [1.165, 1.54) is 63.4 Å². The van der Waals surface area contributed by atoms with E-state index in [0.29, 0.717) is 69.7 Å². The Bertz CT molecular complexity index is 1590. The average molecular weight is 704 g/mol. The third-order valence-corrected chi connectivity index (χ3v) is 18.5. The van der Waals surface area contributed by atoms with Crippen LogP contribution >= 0.6 is 0 Å². The second-order valence-corrected chi connectivity index (χ2v) is 21.4. The smallest absolute Gasteiger partial charge is 0.152 e. The van der Waals surface area contributed by atoms with Crippen molar-refractivity contribution in [3.63, 3.8) is 0 Å². The summed E-state index contributed by atoms with van der Waals surface area (Å²) in [5, 5.41) is 13.3. The van der Waals surface area contributed by atoms with Gasteiger partial charge in [-0.05, 0) is 161 Å². The zero-order valence-electron chi connectivity index (χ0n) is 32.1. The minimum absolute atomic E-state index is 0.0253. The van der Waals surface area contributed by atoms with Crippen molar-refractivity contribution in [2.75, 3.05) is 55.7 Å². The summed E-state index contributed by atoms with van der Waals surface area (Å²) in [6.45, 7) is 25.7. The molecule has 0 radical (unpaired) electrons. The number of rotatable bonds is 8. The van der Waals surface area contributed by atoms with E-state index in [1.807, 2.05) is 12.3 Å². The molecule has 50 heavy (non-hydrogen) atoms. The van der Waals surface area contributed by atoms with E-state index in [1.54, 1.807) is 0 Å². The number of hydrogen-bond donors (Lipinski definition) is 1. The number of piperidine rings is 1. The first-order valence-electron chi connectivity index (χ1n) is 20.0. The molecule has 1 aromatic heterocycles. The van der Waals surface area contributed by atoms with Crippen molar-refractivity contribution in [1.29, 1.82) is 5.26 Å². The Labute approximate surface area is 304 Å². The Morgan fingerprint density at radius 2 is 1.72 bits per heavy atom. The molecular weight excluding hydrogens is 639 g/mol. The zero-order valence-corrected chi connectivity index (χ0v) is 32.9. The van der Waals surface area contributed by atoms with Crippen LogP contribution in [0.5, 0.6) is 0 Å². The van der Waals surface area contributed by atoms with E-state index < -0.39 is 9.84 Å². The van der Waals surface area contributed by atoms with Gasteiger partial charge in [-0.25, -0.2) is 13.4 Å². The number of pyridine rings is 1. The molecule has 2 aliphatic heterocycles. The fraction of sp³-hybridized carbons (Fsp3) is 0.810. The topological polar surface area (TPSA) is 89.3 Å². The maximum Gasteiger partial charge on any atom is 0.152 e. The van der Waals surface area contributed by atoms with Crippen molar-refractivity contribution in [3.05, 3.63) is 36.2 Å². The molecule has 0 bridgehead atoms. The summed E-state index contributed by atoms with van der Waals surface area (Å²) in [5.74, 6) is 4.08. The van der Waals surface area contributed by atoms with Gasteiger partial charge in [0, 0.05) is 31.7 Å². The molecule has 6 fully saturated rings. The lowest BCUT2D eigenvalue weighted by Gasteiger charge is -2.73. The molecule has 1 aromatic rings. The van der Waals surface area contributed by atoms with Crippen molar-refractivity contribution >= 4 is 15.5 Å². The van der Waals surface area contributed by atoms with Crippen molar-refractivity contribution < 1.29 is 8.42 Å². The molecule has 7 rings (SSSR count). The summed E-state index contributed by atoms with van der Waals surface area (Å²) >= 11 is 0. The van der Waals surface area contributed by atoms with Crippen LogP contribution in [0.25, 0.3) is 0 Å². The number of anilines is 1. The highest BCUT2D eigenvalue weighted by atomic mass is 32.2. The zero-order chi connectivity index (χ0) is 35.7. The molecule has 276 valence electrons. The summed E-state index contributed by atoms with van der Waals surface area (Å²) in [5.41, 5.74) is 4.42. The number of nitrogens with one attached hydrogen (secondary N) is 1.